The number of ether oxygens (including phenoxy) is 3. The highest BCUT2D eigenvalue weighted by Crippen LogP contribution is 2.29. The highest BCUT2D eigenvalue weighted by Gasteiger charge is 2.36. The van der Waals surface area contributed by atoms with E-state index in [2.05, 4.69) is 40.6 Å². The lowest BCUT2D eigenvalue weighted by Crippen LogP contribution is -2.50. The second kappa shape index (κ2) is 12.0. The minimum atomic E-state index is -0.565. The molecule has 0 N–H and O–H groups in total. The lowest BCUT2D eigenvalue weighted by molar-refractivity contribution is -0.0532. The number of fused-ring (bicyclic) bond motifs is 1. The summed E-state index contributed by atoms with van der Waals surface area (Å²) in [5, 5.41) is 11.0. The first-order valence-corrected chi connectivity index (χ1v) is 13.4. The van der Waals surface area contributed by atoms with Gasteiger partial charge in [0.2, 0.25) is 0 Å². The van der Waals surface area contributed by atoms with Crippen molar-refractivity contribution in [2.24, 2.45) is 0 Å². The Morgan fingerprint density at radius 2 is 1.69 bits per heavy atom. The lowest BCUT2D eigenvalue weighted by Gasteiger charge is -2.39. The number of hydrogen-bond acceptors (Lipinski definition) is 6. The minimum Gasteiger partial charge on any atom is -0.444 e. The third kappa shape index (κ3) is 7.02. The number of likely N-dealkylation sites (tertiary alicyclic amines) is 1. The smallest absolute Gasteiger partial charge is 0.410 e. The summed E-state index contributed by atoms with van der Waals surface area (Å²) in [7, 11) is 0. The van der Waals surface area contributed by atoms with Crippen molar-refractivity contribution in [3.05, 3.63) is 95.8 Å². The van der Waals surface area contributed by atoms with Gasteiger partial charge in [0.25, 0.3) is 0 Å². The molecule has 0 spiro atoms. The van der Waals surface area contributed by atoms with E-state index >= 15 is 0 Å². The summed E-state index contributed by atoms with van der Waals surface area (Å²) in [4.78, 5) is 14.6. The number of hydrogen-bond donors (Lipinski definition) is 0. The van der Waals surface area contributed by atoms with Crippen molar-refractivity contribution in [3.8, 4) is 0 Å². The molecule has 1 saturated heterocycles. The molecular formula is C31H36N4O4. The van der Waals surface area contributed by atoms with Crippen LogP contribution in [0.3, 0.4) is 0 Å². The van der Waals surface area contributed by atoms with Crippen molar-refractivity contribution in [1.82, 2.24) is 19.9 Å². The first kappa shape index (κ1) is 26.8. The predicted octanol–water partition coefficient (Wildman–Crippen LogP) is 5.92. The number of nitrogens with zero attached hydrogens (tertiary/aromatic N) is 4. The van der Waals surface area contributed by atoms with Gasteiger partial charge in [0.15, 0.2) is 0 Å². The van der Waals surface area contributed by atoms with E-state index in [-0.39, 0.29) is 18.2 Å². The van der Waals surface area contributed by atoms with E-state index in [1.54, 1.807) is 11.1 Å². The predicted molar refractivity (Wildman–Crippen MR) is 149 cm³/mol. The molecule has 1 fully saturated rings. The zero-order chi connectivity index (χ0) is 27.2. The number of benzene rings is 3. The molecular weight excluding hydrogens is 492 g/mol. The SMILES string of the molecule is CC(C)(C)OC(=O)N1CCC(n2nncc2COCc2ccccc2)C(OCc2ccc3ccccc3c2)C1. The quantitative estimate of drug-likeness (QED) is 0.283. The molecule has 8 heteroatoms. The standard InChI is InChI=1S/C31H36N4O4/c1-31(2,3)39-30(36)34-16-15-28(35-27(18-32-33-35)22-37-20-23-9-5-4-6-10-23)29(19-34)38-21-24-13-14-25-11-7-8-12-26(25)17-24/h4-14,17-18,28-29H,15-16,19-22H2,1-3H3. The summed E-state index contributed by atoms with van der Waals surface area (Å²) < 4.78 is 20.1. The molecule has 0 bridgehead atoms. The number of aromatic nitrogens is 3. The molecule has 2 heterocycles. The number of piperidine rings is 1. The first-order valence-electron chi connectivity index (χ1n) is 13.4. The number of amides is 1. The van der Waals surface area contributed by atoms with Crippen LogP contribution in [0.4, 0.5) is 4.79 Å². The Hall–Kier alpha value is -3.75. The molecule has 2 unspecified atom stereocenters. The zero-order valence-corrected chi connectivity index (χ0v) is 22.8. The Morgan fingerprint density at radius 3 is 2.49 bits per heavy atom. The highest BCUT2D eigenvalue weighted by molar-refractivity contribution is 5.82. The van der Waals surface area contributed by atoms with E-state index in [0.29, 0.717) is 39.3 Å². The molecule has 8 nitrogen and oxygen atoms in total. The topological polar surface area (TPSA) is 78.7 Å². The number of carbonyl (C=O) groups excluding carboxylic acids is 1. The van der Waals surface area contributed by atoms with E-state index in [4.69, 9.17) is 14.2 Å². The van der Waals surface area contributed by atoms with Crippen molar-refractivity contribution < 1.29 is 19.0 Å². The molecule has 0 saturated carbocycles. The average Bonchev–Trinajstić information content (AvgIpc) is 3.39. The van der Waals surface area contributed by atoms with Crippen LogP contribution in [0.25, 0.3) is 10.8 Å². The fourth-order valence-electron chi connectivity index (χ4n) is 4.87. The van der Waals surface area contributed by atoms with Gasteiger partial charge in [-0.05, 0) is 55.2 Å². The first-order chi connectivity index (χ1) is 18.9. The molecule has 1 aromatic heterocycles. The summed E-state index contributed by atoms with van der Waals surface area (Å²) >= 11 is 0. The molecule has 1 aliphatic rings. The van der Waals surface area contributed by atoms with E-state index in [1.165, 1.54) is 10.8 Å². The van der Waals surface area contributed by atoms with Gasteiger partial charge in [-0.15, -0.1) is 5.10 Å². The highest BCUT2D eigenvalue weighted by atomic mass is 16.6. The minimum absolute atomic E-state index is 0.0954. The van der Waals surface area contributed by atoms with Crippen LogP contribution in [0, 0.1) is 0 Å². The average molecular weight is 529 g/mol. The summed E-state index contributed by atoms with van der Waals surface area (Å²) in [5.41, 5.74) is 2.50. The maximum Gasteiger partial charge on any atom is 0.410 e. The van der Waals surface area contributed by atoms with Crippen molar-refractivity contribution in [2.75, 3.05) is 13.1 Å². The molecule has 204 valence electrons. The Kier molecular flexibility index (Phi) is 8.24. The van der Waals surface area contributed by atoms with Crippen LogP contribution >= 0.6 is 0 Å². The van der Waals surface area contributed by atoms with Crippen molar-refractivity contribution >= 4 is 16.9 Å². The third-order valence-electron chi connectivity index (χ3n) is 6.78. The van der Waals surface area contributed by atoms with Gasteiger partial charge < -0.3 is 19.1 Å². The molecule has 2 atom stereocenters. The summed E-state index contributed by atoms with van der Waals surface area (Å²) in [6.07, 6.45) is 1.78. The van der Waals surface area contributed by atoms with E-state index < -0.39 is 5.60 Å². The second-order valence-electron chi connectivity index (χ2n) is 11.0. The zero-order valence-electron chi connectivity index (χ0n) is 22.8. The van der Waals surface area contributed by atoms with Crippen LogP contribution in [0.5, 0.6) is 0 Å². The van der Waals surface area contributed by atoms with E-state index in [1.807, 2.05) is 67.9 Å². The lowest BCUT2D eigenvalue weighted by atomic mass is 10.0. The fraction of sp³-hybridized carbons (Fsp3) is 0.387. The van der Waals surface area contributed by atoms with Gasteiger partial charge in [-0.25, -0.2) is 9.48 Å². The Bertz CT molecular complexity index is 1380. The van der Waals surface area contributed by atoms with Gasteiger partial charge in [0, 0.05) is 6.54 Å². The van der Waals surface area contributed by atoms with Crippen LogP contribution in [0.2, 0.25) is 0 Å². The molecule has 0 radical (unpaired) electrons. The monoisotopic (exact) mass is 528 g/mol. The molecule has 3 aromatic carbocycles. The largest absolute Gasteiger partial charge is 0.444 e. The van der Waals surface area contributed by atoms with Gasteiger partial charge in [0.1, 0.15) is 5.60 Å². The third-order valence-corrected chi connectivity index (χ3v) is 6.78. The summed E-state index contributed by atoms with van der Waals surface area (Å²) in [5.74, 6) is 0. The Labute approximate surface area is 229 Å². The Morgan fingerprint density at radius 1 is 0.923 bits per heavy atom. The Balaban J connectivity index is 1.31. The maximum atomic E-state index is 12.9. The van der Waals surface area contributed by atoms with E-state index in [0.717, 1.165) is 16.8 Å². The van der Waals surface area contributed by atoms with Crippen LogP contribution in [0.15, 0.2) is 79.0 Å². The number of rotatable bonds is 8. The molecule has 4 aromatic rings. The van der Waals surface area contributed by atoms with Crippen LogP contribution in [-0.2, 0) is 34.0 Å². The van der Waals surface area contributed by atoms with Crippen molar-refractivity contribution in [3.63, 3.8) is 0 Å². The molecule has 39 heavy (non-hydrogen) atoms. The van der Waals surface area contributed by atoms with Gasteiger partial charge in [0.05, 0.1) is 50.4 Å². The number of carbonyl (C=O) groups is 1. The summed E-state index contributed by atoms with van der Waals surface area (Å²) in [6.45, 7) is 7.88. The van der Waals surface area contributed by atoms with Crippen molar-refractivity contribution in [1.29, 1.82) is 0 Å². The van der Waals surface area contributed by atoms with Crippen LogP contribution in [0.1, 0.15) is 50.1 Å². The summed E-state index contributed by atoms with van der Waals surface area (Å²) in [6, 6.07) is 24.6. The molecule has 1 aliphatic heterocycles. The second-order valence-corrected chi connectivity index (χ2v) is 11.0. The normalized spacial score (nSPS) is 17.9. The van der Waals surface area contributed by atoms with Gasteiger partial charge >= 0.3 is 6.09 Å². The van der Waals surface area contributed by atoms with Gasteiger partial charge in [-0.3, -0.25) is 0 Å². The van der Waals surface area contributed by atoms with E-state index in [9.17, 15) is 4.79 Å². The van der Waals surface area contributed by atoms with Crippen LogP contribution in [-0.4, -0.2) is 50.8 Å². The van der Waals surface area contributed by atoms with Gasteiger partial charge in [-0.2, -0.15) is 0 Å². The molecule has 1 amide bonds. The molecule has 5 rings (SSSR count). The van der Waals surface area contributed by atoms with Gasteiger partial charge in [-0.1, -0.05) is 71.9 Å². The van der Waals surface area contributed by atoms with Crippen LogP contribution < -0.4 is 0 Å². The maximum absolute atomic E-state index is 12.9. The fourth-order valence-corrected chi connectivity index (χ4v) is 4.87. The van der Waals surface area contributed by atoms with Crippen molar-refractivity contribution in [2.45, 2.75) is 64.8 Å². The molecule has 0 aliphatic carbocycles.